The molecule has 2 aromatic heterocycles. The fourth-order valence-electron chi connectivity index (χ4n) is 4.38. The van der Waals surface area contributed by atoms with E-state index in [0.29, 0.717) is 16.1 Å². The Morgan fingerprint density at radius 3 is 2.06 bits per heavy atom. The zero-order valence-corrected chi connectivity index (χ0v) is 18.6. The molecule has 3 aromatic carbocycles. The van der Waals surface area contributed by atoms with Crippen LogP contribution in [0.25, 0.3) is 38.3 Å². The number of carbonyl (C=O) groups excluding carboxylic acids is 2. The van der Waals surface area contributed by atoms with Crippen molar-refractivity contribution in [3.05, 3.63) is 99.4 Å². The number of allylic oxidation sites excluding steroid dienone is 1. The second kappa shape index (κ2) is 7.02. The molecule has 0 N–H and O–H groups in total. The molecule has 0 saturated carbocycles. The van der Waals surface area contributed by atoms with Crippen LogP contribution in [0.15, 0.2) is 78.4 Å². The Morgan fingerprint density at radius 2 is 1.47 bits per heavy atom. The van der Waals surface area contributed by atoms with Gasteiger partial charge in [-0.1, -0.05) is 48.0 Å². The highest BCUT2D eigenvalue weighted by Gasteiger charge is 2.33. The zero-order chi connectivity index (χ0) is 22.0. The largest absolute Gasteiger partial charge is 0.343 e. The van der Waals surface area contributed by atoms with E-state index in [1.165, 1.54) is 0 Å². The van der Waals surface area contributed by atoms with Gasteiger partial charge in [0.05, 0.1) is 15.8 Å². The van der Waals surface area contributed by atoms with E-state index < -0.39 is 0 Å². The predicted molar refractivity (Wildman–Crippen MR) is 132 cm³/mol. The number of nitrogens with zero attached hydrogens (tertiary/aromatic N) is 1. The van der Waals surface area contributed by atoms with Gasteiger partial charge < -0.3 is 4.57 Å². The molecule has 0 unspecified atom stereocenters. The summed E-state index contributed by atoms with van der Waals surface area (Å²) >= 11 is 7.59. The lowest BCUT2D eigenvalue weighted by Crippen LogP contribution is -1.99. The van der Waals surface area contributed by atoms with Gasteiger partial charge in [-0.15, -0.1) is 11.3 Å². The summed E-state index contributed by atoms with van der Waals surface area (Å²) in [5.41, 5.74) is 4.46. The van der Waals surface area contributed by atoms with Crippen LogP contribution in [0.1, 0.15) is 25.6 Å². The summed E-state index contributed by atoms with van der Waals surface area (Å²) in [6.07, 6.45) is 1.74. The summed E-state index contributed by atoms with van der Waals surface area (Å²) in [4.78, 5) is 27.0. The predicted octanol–water partition coefficient (Wildman–Crippen LogP) is 7.18. The van der Waals surface area contributed by atoms with Gasteiger partial charge in [0.1, 0.15) is 0 Å². The first-order valence-corrected chi connectivity index (χ1v) is 11.4. The first-order valence-electron chi connectivity index (χ1n) is 10.2. The van der Waals surface area contributed by atoms with E-state index in [1.807, 2.05) is 73.8 Å². The van der Waals surface area contributed by atoms with Crippen LogP contribution in [-0.2, 0) is 7.05 Å². The van der Waals surface area contributed by atoms with Crippen LogP contribution in [0.2, 0.25) is 5.02 Å². The van der Waals surface area contributed by atoms with Crippen molar-refractivity contribution in [2.45, 2.75) is 0 Å². The normalized spacial score (nSPS) is 13.4. The minimum absolute atomic E-state index is 0.199. The third-order valence-electron chi connectivity index (χ3n) is 6.04. The monoisotopic (exact) mass is 453 g/mol. The molecule has 0 fully saturated rings. The van der Waals surface area contributed by atoms with E-state index in [0.717, 1.165) is 37.1 Å². The van der Waals surface area contributed by atoms with Gasteiger partial charge in [0.25, 0.3) is 0 Å². The third-order valence-corrected chi connectivity index (χ3v) is 7.31. The van der Waals surface area contributed by atoms with Gasteiger partial charge in [0, 0.05) is 33.8 Å². The van der Waals surface area contributed by atoms with Gasteiger partial charge in [0.2, 0.25) is 0 Å². The number of benzene rings is 3. The number of rotatable bonds is 2. The Morgan fingerprint density at radius 1 is 0.844 bits per heavy atom. The maximum absolute atomic E-state index is 13.0. The Bertz CT molecular complexity index is 1560. The first kappa shape index (κ1) is 19.2. The van der Waals surface area contributed by atoms with Crippen molar-refractivity contribution in [2.24, 2.45) is 7.05 Å². The second-order valence-corrected chi connectivity index (χ2v) is 9.51. The van der Waals surface area contributed by atoms with Crippen molar-refractivity contribution in [1.82, 2.24) is 4.57 Å². The molecular weight excluding hydrogens is 438 g/mol. The van der Waals surface area contributed by atoms with E-state index >= 15 is 0 Å². The molecule has 32 heavy (non-hydrogen) atoms. The van der Waals surface area contributed by atoms with Crippen LogP contribution in [0.4, 0.5) is 0 Å². The third kappa shape index (κ3) is 2.88. The molecule has 154 valence electrons. The smallest absolute Gasteiger partial charge is 0.197 e. The van der Waals surface area contributed by atoms with Crippen LogP contribution in [0.3, 0.4) is 0 Å². The molecule has 5 heteroatoms. The van der Waals surface area contributed by atoms with Crippen LogP contribution < -0.4 is 0 Å². The standard InChI is InChI=1S/C27H16ClNO2S/c1-29-23(15-6-8-18(28)9-7-15)14-25-24(29)13-19(32-25)12-22-26(30)20-10-16-4-2-3-5-17(16)11-21(20)27(22)31/h2-14H,1H3. The SMILES string of the molecule is Cn1c(-c2ccc(Cl)cc2)cc2sc(C=C3C(=O)c4cc5ccccc5cc4C3=O)cc21. The quantitative estimate of drug-likeness (QED) is 0.210. The Hall–Kier alpha value is -3.47. The molecule has 1 aliphatic rings. The topological polar surface area (TPSA) is 39.1 Å². The van der Waals surface area contributed by atoms with Crippen molar-refractivity contribution >= 4 is 61.6 Å². The van der Waals surface area contributed by atoms with E-state index in [1.54, 1.807) is 17.4 Å². The summed E-state index contributed by atoms with van der Waals surface area (Å²) in [6, 6.07) is 23.4. The molecule has 5 aromatic rings. The van der Waals surface area contributed by atoms with Gasteiger partial charge >= 0.3 is 0 Å². The van der Waals surface area contributed by atoms with Gasteiger partial charge in [-0.3, -0.25) is 9.59 Å². The lowest BCUT2D eigenvalue weighted by Gasteiger charge is -2.04. The molecule has 2 heterocycles. The van der Waals surface area contributed by atoms with E-state index in [2.05, 4.69) is 10.6 Å². The Labute approximate surface area is 193 Å². The number of carbonyl (C=O) groups is 2. The number of Topliss-reactive ketones (excluding diaryl/α,β-unsaturated/α-hetero) is 2. The van der Waals surface area contributed by atoms with E-state index in [9.17, 15) is 9.59 Å². The number of ketones is 2. The molecule has 0 bridgehead atoms. The summed E-state index contributed by atoms with van der Waals surface area (Å²) in [5.74, 6) is -0.398. The van der Waals surface area contributed by atoms with E-state index in [4.69, 9.17) is 11.6 Å². The summed E-state index contributed by atoms with van der Waals surface area (Å²) in [5, 5.41) is 2.63. The number of hydrogen-bond donors (Lipinski definition) is 0. The summed E-state index contributed by atoms with van der Waals surface area (Å²) in [6.45, 7) is 0. The van der Waals surface area contributed by atoms with Gasteiger partial charge in [-0.25, -0.2) is 0 Å². The maximum atomic E-state index is 13.0. The maximum Gasteiger partial charge on any atom is 0.197 e. The van der Waals surface area contributed by atoms with Crippen LogP contribution in [-0.4, -0.2) is 16.1 Å². The van der Waals surface area contributed by atoms with Crippen LogP contribution in [0.5, 0.6) is 0 Å². The molecule has 0 radical (unpaired) electrons. The number of aromatic nitrogens is 1. The highest BCUT2D eigenvalue weighted by Crippen LogP contribution is 2.36. The van der Waals surface area contributed by atoms with Crippen molar-refractivity contribution in [3.8, 4) is 11.3 Å². The minimum atomic E-state index is -0.199. The molecule has 0 spiro atoms. The number of thiophene rings is 1. The first-order chi connectivity index (χ1) is 15.5. The molecule has 0 amide bonds. The number of aryl methyl sites for hydroxylation is 1. The summed E-state index contributed by atoms with van der Waals surface area (Å²) < 4.78 is 3.22. The average molecular weight is 454 g/mol. The van der Waals surface area contributed by atoms with Crippen molar-refractivity contribution in [3.63, 3.8) is 0 Å². The van der Waals surface area contributed by atoms with Crippen molar-refractivity contribution in [1.29, 1.82) is 0 Å². The lowest BCUT2D eigenvalue weighted by atomic mass is 10.0. The van der Waals surface area contributed by atoms with Gasteiger partial charge in [0.15, 0.2) is 11.6 Å². The molecule has 1 aliphatic carbocycles. The molecule has 0 saturated heterocycles. The Balaban J connectivity index is 1.40. The Kier molecular flexibility index (Phi) is 4.22. The number of fused-ring (bicyclic) bond motifs is 3. The highest BCUT2D eigenvalue weighted by molar-refractivity contribution is 7.19. The van der Waals surface area contributed by atoms with Crippen molar-refractivity contribution < 1.29 is 9.59 Å². The van der Waals surface area contributed by atoms with E-state index in [-0.39, 0.29) is 17.1 Å². The van der Waals surface area contributed by atoms with Gasteiger partial charge in [-0.2, -0.15) is 0 Å². The molecule has 3 nitrogen and oxygen atoms in total. The van der Waals surface area contributed by atoms with Crippen LogP contribution >= 0.6 is 22.9 Å². The highest BCUT2D eigenvalue weighted by atomic mass is 35.5. The average Bonchev–Trinajstić information content (AvgIpc) is 3.41. The zero-order valence-electron chi connectivity index (χ0n) is 17.1. The number of hydrogen-bond acceptors (Lipinski definition) is 3. The molecule has 6 rings (SSSR count). The number of halogens is 1. The summed E-state index contributed by atoms with van der Waals surface area (Å²) in [7, 11) is 2.02. The van der Waals surface area contributed by atoms with Gasteiger partial charge in [-0.05, 0) is 58.8 Å². The van der Waals surface area contributed by atoms with Crippen LogP contribution in [0, 0.1) is 0 Å². The minimum Gasteiger partial charge on any atom is -0.343 e. The molecule has 0 aliphatic heterocycles. The molecule has 0 atom stereocenters. The molecular formula is C27H16ClNO2S. The van der Waals surface area contributed by atoms with Crippen molar-refractivity contribution in [2.75, 3.05) is 0 Å². The fourth-order valence-corrected chi connectivity index (χ4v) is 5.58. The fraction of sp³-hybridized carbons (Fsp3) is 0.0370. The lowest BCUT2D eigenvalue weighted by molar-refractivity contribution is 0.0990. The second-order valence-electron chi connectivity index (χ2n) is 7.95.